The van der Waals surface area contributed by atoms with Crippen LogP contribution in [0.15, 0.2) is 42.5 Å². The first-order valence-corrected chi connectivity index (χ1v) is 12.7. The molecule has 0 unspecified atom stereocenters. The van der Waals surface area contributed by atoms with E-state index in [-0.39, 0.29) is 5.41 Å². The number of hydrogen-bond donors (Lipinski definition) is 2. The molecule has 1 aliphatic heterocycles. The van der Waals surface area contributed by atoms with Gasteiger partial charge in [-0.2, -0.15) is 0 Å². The summed E-state index contributed by atoms with van der Waals surface area (Å²) in [6, 6.07) is 13.9. The molecule has 1 saturated heterocycles. The highest BCUT2D eigenvalue weighted by Gasteiger charge is 2.39. The van der Waals surface area contributed by atoms with E-state index in [2.05, 4.69) is 56.3 Å². The number of hydrogen-bond acceptors (Lipinski definition) is 7. The van der Waals surface area contributed by atoms with Gasteiger partial charge in [0, 0.05) is 38.5 Å². The highest BCUT2D eigenvalue weighted by Crippen LogP contribution is 2.36. The van der Waals surface area contributed by atoms with Crippen molar-refractivity contribution in [2.75, 3.05) is 53.3 Å². The van der Waals surface area contributed by atoms with Gasteiger partial charge in [0.25, 0.3) is 0 Å². The predicted octanol–water partition coefficient (Wildman–Crippen LogP) is 4.68. The van der Waals surface area contributed by atoms with Crippen LogP contribution in [0, 0.1) is 5.41 Å². The average molecular weight is 514 g/mol. The minimum atomic E-state index is -0.325. The SMILES string of the molecule is CC(C)(C)C.CNc1ccccc1[C@]1(C=O)CCN(C)C1.COCc1cccc(OC)c1CNCC=O. The van der Waals surface area contributed by atoms with Gasteiger partial charge in [-0.3, -0.25) is 0 Å². The third kappa shape index (κ3) is 11.0. The summed E-state index contributed by atoms with van der Waals surface area (Å²) in [5.74, 6) is 0.813. The third-order valence-electron chi connectivity index (χ3n) is 5.73. The molecule has 37 heavy (non-hydrogen) atoms. The van der Waals surface area contributed by atoms with Crippen LogP contribution in [0.5, 0.6) is 5.75 Å². The highest BCUT2D eigenvalue weighted by atomic mass is 16.5. The van der Waals surface area contributed by atoms with Gasteiger partial charge in [-0.15, -0.1) is 0 Å². The van der Waals surface area contributed by atoms with Gasteiger partial charge in [-0.05, 0) is 48.7 Å². The van der Waals surface area contributed by atoms with E-state index in [0.29, 0.717) is 25.1 Å². The molecule has 0 amide bonds. The molecule has 206 valence electrons. The zero-order chi connectivity index (χ0) is 27.9. The number of carbonyl (C=O) groups excluding carboxylic acids is 2. The van der Waals surface area contributed by atoms with Crippen LogP contribution in [-0.4, -0.2) is 65.4 Å². The van der Waals surface area contributed by atoms with E-state index in [0.717, 1.165) is 60.2 Å². The molecule has 1 heterocycles. The lowest BCUT2D eigenvalue weighted by atomic mass is 9.80. The maximum absolute atomic E-state index is 11.5. The Morgan fingerprint density at radius 1 is 1.05 bits per heavy atom. The smallest absolute Gasteiger partial charge is 0.133 e. The minimum Gasteiger partial charge on any atom is -0.496 e. The number of aldehydes is 2. The highest BCUT2D eigenvalue weighted by molar-refractivity contribution is 5.74. The van der Waals surface area contributed by atoms with Crippen LogP contribution in [-0.2, 0) is 32.9 Å². The first-order chi connectivity index (χ1) is 17.5. The molecule has 7 nitrogen and oxygen atoms in total. The summed E-state index contributed by atoms with van der Waals surface area (Å²) in [6.07, 6.45) is 2.86. The molecule has 2 aromatic rings. The van der Waals surface area contributed by atoms with Crippen LogP contribution in [0.25, 0.3) is 0 Å². The third-order valence-corrected chi connectivity index (χ3v) is 5.73. The van der Waals surface area contributed by atoms with Crippen molar-refractivity contribution in [3.63, 3.8) is 0 Å². The molecule has 0 aliphatic carbocycles. The van der Waals surface area contributed by atoms with Crippen LogP contribution in [0.4, 0.5) is 5.69 Å². The van der Waals surface area contributed by atoms with Crippen molar-refractivity contribution >= 4 is 18.3 Å². The summed E-state index contributed by atoms with van der Waals surface area (Å²) < 4.78 is 10.4. The molecule has 7 heteroatoms. The molecular formula is C30H47N3O4. The molecule has 0 spiro atoms. The number of likely N-dealkylation sites (tertiary alicyclic amines) is 1. The molecule has 1 fully saturated rings. The summed E-state index contributed by atoms with van der Waals surface area (Å²) >= 11 is 0. The van der Waals surface area contributed by atoms with E-state index in [1.165, 1.54) is 0 Å². The fourth-order valence-electron chi connectivity index (χ4n) is 4.09. The Bertz CT molecular complexity index is 952. The molecule has 1 aliphatic rings. The lowest BCUT2D eigenvalue weighted by Crippen LogP contribution is -2.32. The maximum Gasteiger partial charge on any atom is 0.133 e. The summed E-state index contributed by atoms with van der Waals surface area (Å²) in [6.45, 7) is 12.0. The second-order valence-electron chi connectivity index (χ2n) is 10.9. The van der Waals surface area contributed by atoms with Crippen LogP contribution in [0.2, 0.25) is 0 Å². The topological polar surface area (TPSA) is 79.9 Å². The summed E-state index contributed by atoms with van der Waals surface area (Å²) in [5.41, 5.74) is 4.46. The van der Waals surface area contributed by atoms with Crippen molar-refractivity contribution in [2.45, 2.75) is 52.7 Å². The van der Waals surface area contributed by atoms with Gasteiger partial charge >= 0.3 is 0 Å². The average Bonchev–Trinajstić information content (AvgIpc) is 3.26. The Balaban J connectivity index is 0.000000314. The van der Waals surface area contributed by atoms with Gasteiger partial charge in [0.1, 0.15) is 18.3 Å². The molecular weight excluding hydrogens is 466 g/mol. The number of ether oxygens (including phenoxy) is 2. The van der Waals surface area contributed by atoms with Crippen molar-refractivity contribution in [1.29, 1.82) is 0 Å². The van der Waals surface area contributed by atoms with E-state index in [1.807, 2.05) is 43.4 Å². The number of nitrogens with zero attached hydrogens (tertiary/aromatic N) is 1. The predicted molar refractivity (Wildman–Crippen MR) is 152 cm³/mol. The van der Waals surface area contributed by atoms with E-state index < -0.39 is 0 Å². The molecule has 3 rings (SSSR count). The van der Waals surface area contributed by atoms with Gasteiger partial charge in [0.2, 0.25) is 0 Å². The zero-order valence-corrected chi connectivity index (χ0v) is 24.0. The number of para-hydroxylation sites is 1. The summed E-state index contributed by atoms with van der Waals surface area (Å²) in [4.78, 5) is 23.9. The standard InChI is InChI=1S/C13H18N2O.C12H17NO3.C5H12/c1-14-12-6-4-3-5-11(12)13(10-16)7-8-15(2)9-13;1-15-9-10-4-3-5-12(16-2)11(10)8-13-6-7-14;1-5(2,3)4/h3-6,10,14H,7-9H2,1-2H3;3-5,7,13H,6,8-9H2,1-2H3;1-4H3/t13-;;/m1../s1. The fraction of sp³-hybridized carbons (Fsp3) is 0.533. The van der Waals surface area contributed by atoms with Gasteiger partial charge < -0.3 is 34.6 Å². The normalized spacial score (nSPS) is 17.1. The van der Waals surface area contributed by atoms with Crippen molar-refractivity contribution in [3.8, 4) is 5.75 Å². The number of benzene rings is 2. The quantitative estimate of drug-likeness (QED) is 0.353. The zero-order valence-electron chi connectivity index (χ0n) is 24.0. The van der Waals surface area contributed by atoms with Gasteiger partial charge in [-0.1, -0.05) is 58.0 Å². The second-order valence-corrected chi connectivity index (χ2v) is 10.9. The van der Waals surface area contributed by atoms with E-state index in [4.69, 9.17) is 9.47 Å². The van der Waals surface area contributed by atoms with Gasteiger partial charge in [-0.25, -0.2) is 0 Å². The second kappa shape index (κ2) is 16.2. The molecule has 0 aromatic heterocycles. The number of nitrogens with one attached hydrogen (secondary N) is 2. The van der Waals surface area contributed by atoms with Gasteiger partial charge in [0.05, 0.1) is 25.7 Å². The Labute approximate surface area is 223 Å². The Morgan fingerprint density at radius 2 is 1.73 bits per heavy atom. The lowest BCUT2D eigenvalue weighted by molar-refractivity contribution is -0.112. The number of rotatable bonds is 10. The lowest BCUT2D eigenvalue weighted by Gasteiger charge is -2.25. The monoisotopic (exact) mass is 513 g/mol. The largest absolute Gasteiger partial charge is 0.496 e. The molecule has 1 atom stereocenters. The first kappa shape index (κ1) is 32.3. The van der Waals surface area contributed by atoms with E-state index >= 15 is 0 Å². The van der Waals surface area contributed by atoms with Gasteiger partial charge in [0.15, 0.2) is 0 Å². The fourth-order valence-corrected chi connectivity index (χ4v) is 4.09. The van der Waals surface area contributed by atoms with Crippen molar-refractivity contribution in [3.05, 3.63) is 59.2 Å². The van der Waals surface area contributed by atoms with Crippen LogP contribution in [0.1, 0.15) is 50.8 Å². The Kier molecular flexibility index (Phi) is 14.1. The number of likely N-dealkylation sites (N-methyl/N-ethyl adjacent to an activating group) is 1. The molecule has 2 N–H and O–H groups in total. The summed E-state index contributed by atoms with van der Waals surface area (Å²) in [7, 11) is 7.25. The Hall–Kier alpha value is -2.74. The van der Waals surface area contributed by atoms with Crippen molar-refractivity contribution < 1.29 is 19.1 Å². The molecule has 2 aromatic carbocycles. The summed E-state index contributed by atoms with van der Waals surface area (Å²) in [5, 5.41) is 6.19. The number of anilines is 1. The minimum absolute atomic E-state index is 0.325. The molecule has 0 bridgehead atoms. The molecule has 0 radical (unpaired) electrons. The number of methoxy groups -OCH3 is 2. The van der Waals surface area contributed by atoms with E-state index in [1.54, 1.807) is 14.2 Å². The Morgan fingerprint density at radius 3 is 2.24 bits per heavy atom. The van der Waals surface area contributed by atoms with Crippen LogP contribution in [0.3, 0.4) is 0 Å². The molecule has 0 saturated carbocycles. The first-order valence-electron chi connectivity index (χ1n) is 12.7. The number of carbonyl (C=O) groups is 2. The van der Waals surface area contributed by atoms with Crippen molar-refractivity contribution in [2.24, 2.45) is 5.41 Å². The van der Waals surface area contributed by atoms with E-state index in [9.17, 15) is 9.59 Å². The van der Waals surface area contributed by atoms with Crippen molar-refractivity contribution in [1.82, 2.24) is 10.2 Å². The van der Waals surface area contributed by atoms with Crippen LogP contribution >= 0.6 is 0 Å². The van der Waals surface area contributed by atoms with Crippen LogP contribution < -0.4 is 15.4 Å². The maximum atomic E-state index is 11.5.